The van der Waals surface area contributed by atoms with Gasteiger partial charge in [-0.1, -0.05) is 61.9 Å². The topological polar surface area (TPSA) is 49.8 Å². The molecule has 0 aromatic heterocycles. The van der Waals surface area contributed by atoms with E-state index in [1.165, 1.54) is 24.3 Å². The lowest BCUT2D eigenvalue weighted by Gasteiger charge is -2.24. The molecule has 1 aromatic rings. The number of likely N-dealkylation sites (tertiary alicyclic amines) is 1. The van der Waals surface area contributed by atoms with Gasteiger partial charge in [0.1, 0.15) is 6.10 Å². The van der Waals surface area contributed by atoms with E-state index in [4.69, 9.17) is 4.74 Å². The maximum atomic E-state index is 14.4. The molecule has 0 spiro atoms. The van der Waals surface area contributed by atoms with Crippen LogP contribution in [-0.2, 0) is 15.5 Å². The molecule has 0 aliphatic carbocycles. The van der Waals surface area contributed by atoms with E-state index < -0.39 is 12.0 Å². The van der Waals surface area contributed by atoms with Gasteiger partial charge in [0.2, 0.25) is 5.91 Å². The number of unbranched alkanes of at least 4 members (excludes halogenated alkanes) is 3. The fourth-order valence-electron chi connectivity index (χ4n) is 3.67. The number of halogens is 2. The van der Waals surface area contributed by atoms with Crippen molar-refractivity contribution < 1.29 is 23.4 Å². The molecule has 0 saturated carbocycles. The Hall–Kier alpha value is -2.21. The number of carbonyl (C=O) groups is 1. The summed E-state index contributed by atoms with van der Waals surface area (Å²) < 4.78 is 34.2. The van der Waals surface area contributed by atoms with Crippen molar-refractivity contribution in [2.75, 3.05) is 13.2 Å². The first-order valence-electron chi connectivity index (χ1n) is 10.8. The van der Waals surface area contributed by atoms with Gasteiger partial charge < -0.3 is 14.7 Å². The van der Waals surface area contributed by atoms with E-state index in [0.717, 1.165) is 43.9 Å². The number of nitrogens with zero attached hydrogens (tertiary/aromatic N) is 1. The number of allylic oxidation sites excluding steroid dienone is 1. The number of alkyl halides is 2. The van der Waals surface area contributed by atoms with Crippen molar-refractivity contribution in [3.05, 3.63) is 60.4 Å². The van der Waals surface area contributed by atoms with Crippen LogP contribution in [0.4, 0.5) is 8.78 Å². The lowest BCUT2D eigenvalue weighted by Crippen LogP contribution is -2.34. The standard InChI is InChI=1S/C24H33F2NO3/c1-3-30-19(2)11-7-4-5-10-18-27-21(15-17-23(27)29)14-16-22(28)24(25,26)20-12-8-6-9-13-20/h6,8-9,12-14,16,21-22,28H,2-5,7,10-11,15,17-18H2,1H3/b16-14+/t21-,22+/m0/s1. The predicted octanol–water partition coefficient (Wildman–Crippen LogP) is 5.19. The lowest BCUT2D eigenvalue weighted by atomic mass is 10.0. The van der Waals surface area contributed by atoms with Crippen LogP contribution in [0.5, 0.6) is 0 Å². The number of hydrogen-bond donors (Lipinski definition) is 1. The van der Waals surface area contributed by atoms with Gasteiger partial charge in [0.15, 0.2) is 0 Å². The van der Waals surface area contributed by atoms with E-state index in [0.29, 0.717) is 26.0 Å². The molecule has 1 N–H and O–H groups in total. The summed E-state index contributed by atoms with van der Waals surface area (Å²) in [6.07, 6.45) is 6.45. The van der Waals surface area contributed by atoms with E-state index in [2.05, 4.69) is 6.58 Å². The summed E-state index contributed by atoms with van der Waals surface area (Å²) in [7, 11) is 0. The van der Waals surface area contributed by atoms with Crippen LogP contribution in [0.1, 0.15) is 57.4 Å². The minimum Gasteiger partial charge on any atom is -0.499 e. The molecule has 6 heteroatoms. The van der Waals surface area contributed by atoms with Gasteiger partial charge in [0.05, 0.1) is 18.4 Å². The molecule has 2 rings (SSSR count). The summed E-state index contributed by atoms with van der Waals surface area (Å²) in [6, 6.07) is 7.04. The summed E-state index contributed by atoms with van der Waals surface area (Å²) in [5.41, 5.74) is -0.228. The molecule has 1 aliphatic heterocycles. The van der Waals surface area contributed by atoms with E-state index in [9.17, 15) is 18.7 Å². The van der Waals surface area contributed by atoms with Gasteiger partial charge in [-0.3, -0.25) is 4.79 Å². The zero-order valence-electron chi connectivity index (χ0n) is 17.7. The second-order valence-electron chi connectivity index (χ2n) is 7.65. The van der Waals surface area contributed by atoms with Crippen LogP contribution in [0, 0.1) is 0 Å². The second kappa shape index (κ2) is 11.8. The highest BCUT2D eigenvalue weighted by Gasteiger charge is 2.39. The lowest BCUT2D eigenvalue weighted by molar-refractivity contribution is -0.128. The van der Waals surface area contributed by atoms with Crippen LogP contribution in [0.25, 0.3) is 0 Å². The predicted molar refractivity (Wildman–Crippen MR) is 114 cm³/mol. The first-order chi connectivity index (χ1) is 14.4. The summed E-state index contributed by atoms with van der Waals surface area (Å²) in [6.45, 7) is 7.03. The summed E-state index contributed by atoms with van der Waals surface area (Å²) in [4.78, 5) is 13.9. The third-order valence-electron chi connectivity index (χ3n) is 5.37. The highest BCUT2D eigenvalue weighted by atomic mass is 19.3. The quantitative estimate of drug-likeness (QED) is 0.271. The first-order valence-corrected chi connectivity index (χ1v) is 10.8. The van der Waals surface area contributed by atoms with Crippen LogP contribution < -0.4 is 0 Å². The van der Waals surface area contributed by atoms with Crippen LogP contribution in [-0.4, -0.2) is 41.2 Å². The minimum absolute atomic E-state index is 0.0404. The Bertz CT molecular complexity index is 706. The first kappa shape index (κ1) is 24.1. The number of aliphatic hydroxyl groups excluding tert-OH is 1. The Labute approximate surface area is 178 Å². The molecule has 1 aliphatic rings. The van der Waals surface area contributed by atoms with E-state index >= 15 is 0 Å². The second-order valence-corrected chi connectivity index (χ2v) is 7.65. The van der Waals surface area contributed by atoms with Gasteiger partial charge >= 0.3 is 5.92 Å². The van der Waals surface area contributed by atoms with Crippen molar-refractivity contribution >= 4 is 5.91 Å². The number of rotatable bonds is 13. The van der Waals surface area contributed by atoms with Gasteiger partial charge in [-0.05, 0) is 26.2 Å². The van der Waals surface area contributed by atoms with E-state index in [1.54, 1.807) is 17.0 Å². The molecule has 1 amide bonds. The summed E-state index contributed by atoms with van der Waals surface area (Å²) in [5.74, 6) is -2.53. The third-order valence-corrected chi connectivity index (χ3v) is 5.37. The smallest absolute Gasteiger partial charge is 0.302 e. The highest BCUT2D eigenvalue weighted by Crippen LogP contribution is 2.32. The van der Waals surface area contributed by atoms with Gasteiger partial charge in [-0.25, -0.2) is 0 Å². The monoisotopic (exact) mass is 421 g/mol. The average molecular weight is 422 g/mol. The van der Waals surface area contributed by atoms with Gasteiger partial charge in [-0.15, -0.1) is 0 Å². The van der Waals surface area contributed by atoms with Crippen molar-refractivity contribution in [1.82, 2.24) is 4.90 Å². The molecule has 4 nitrogen and oxygen atoms in total. The van der Waals surface area contributed by atoms with Crippen molar-refractivity contribution in [1.29, 1.82) is 0 Å². The molecule has 30 heavy (non-hydrogen) atoms. The summed E-state index contributed by atoms with van der Waals surface area (Å²) >= 11 is 0. The Kier molecular flexibility index (Phi) is 9.50. The van der Waals surface area contributed by atoms with Gasteiger partial charge in [0, 0.05) is 24.9 Å². The van der Waals surface area contributed by atoms with Crippen molar-refractivity contribution in [3.8, 4) is 0 Å². The fourth-order valence-corrected chi connectivity index (χ4v) is 3.67. The third kappa shape index (κ3) is 6.94. The molecule has 0 bridgehead atoms. The Balaban J connectivity index is 1.80. The largest absolute Gasteiger partial charge is 0.499 e. The maximum Gasteiger partial charge on any atom is 0.302 e. The van der Waals surface area contributed by atoms with Crippen LogP contribution >= 0.6 is 0 Å². The number of aliphatic hydroxyl groups is 1. The van der Waals surface area contributed by atoms with E-state index in [-0.39, 0.29) is 17.5 Å². The normalized spacial score (nSPS) is 18.2. The number of carbonyl (C=O) groups excluding carboxylic acids is 1. The highest BCUT2D eigenvalue weighted by molar-refractivity contribution is 5.79. The zero-order chi connectivity index (χ0) is 22.0. The zero-order valence-corrected chi connectivity index (χ0v) is 17.7. The molecule has 0 unspecified atom stereocenters. The van der Waals surface area contributed by atoms with Crippen LogP contribution in [0.3, 0.4) is 0 Å². The van der Waals surface area contributed by atoms with Crippen molar-refractivity contribution in [2.24, 2.45) is 0 Å². The molecular weight excluding hydrogens is 388 g/mol. The number of hydrogen-bond acceptors (Lipinski definition) is 3. The fraction of sp³-hybridized carbons (Fsp3) is 0.542. The minimum atomic E-state index is -3.38. The molecule has 1 saturated heterocycles. The Morgan fingerprint density at radius 2 is 2.00 bits per heavy atom. The van der Waals surface area contributed by atoms with E-state index in [1.807, 2.05) is 6.92 Å². The summed E-state index contributed by atoms with van der Waals surface area (Å²) in [5, 5.41) is 10.0. The van der Waals surface area contributed by atoms with Crippen LogP contribution in [0.2, 0.25) is 0 Å². The average Bonchev–Trinajstić information content (AvgIpc) is 3.09. The van der Waals surface area contributed by atoms with Crippen molar-refractivity contribution in [2.45, 2.75) is 69.9 Å². The van der Waals surface area contributed by atoms with Crippen LogP contribution in [0.15, 0.2) is 54.8 Å². The van der Waals surface area contributed by atoms with Gasteiger partial charge in [-0.2, -0.15) is 8.78 Å². The number of benzene rings is 1. The number of ether oxygens (including phenoxy) is 1. The SMILES string of the molecule is C=C(CCCCCCN1C(=O)CC[C@@H]1/C=C/[C@@H](O)C(F)(F)c1ccccc1)OCC. The molecule has 2 atom stereocenters. The number of amides is 1. The molecular formula is C24H33F2NO3. The molecule has 0 radical (unpaired) electrons. The Morgan fingerprint density at radius 1 is 1.30 bits per heavy atom. The Morgan fingerprint density at radius 3 is 2.70 bits per heavy atom. The molecule has 1 heterocycles. The molecule has 166 valence electrons. The maximum absolute atomic E-state index is 14.4. The molecule has 1 aromatic carbocycles. The van der Waals surface area contributed by atoms with Crippen molar-refractivity contribution in [3.63, 3.8) is 0 Å². The van der Waals surface area contributed by atoms with Gasteiger partial charge in [0.25, 0.3) is 0 Å². The molecule has 1 fully saturated rings.